The second kappa shape index (κ2) is 9.88. The Balaban J connectivity index is 1.32. The average molecular weight is 535 g/mol. The predicted octanol–water partition coefficient (Wildman–Crippen LogP) is 2.76. The number of nitrogens with two attached hydrogens (primary N) is 1. The van der Waals surface area contributed by atoms with E-state index in [-0.39, 0.29) is 5.91 Å². The Morgan fingerprint density at radius 3 is 2.66 bits per heavy atom. The van der Waals surface area contributed by atoms with Gasteiger partial charge in [0, 0.05) is 74.0 Å². The third kappa shape index (κ3) is 4.53. The summed E-state index contributed by atoms with van der Waals surface area (Å²) in [5, 5.41) is 1.08. The number of fused-ring (bicyclic) bond motifs is 2. The molecule has 3 N–H and O–H groups in total. The minimum Gasteiger partial charge on any atom is -0.378 e. The second-order valence-corrected chi connectivity index (χ2v) is 11.7. The van der Waals surface area contributed by atoms with E-state index in [1.54, 1.807) is 11.3 Å². The number of aromatic amines is 1. The van der Waals surface area contributed by atoms with Gasteiger partial charge in [-0.15, -0.1) is 11.3 Å². The molecule has 38 heavy (non-hydrogen) atoms. The van der Waals surface area contributed by atoms with E-state index in [0.717, 1.165) is 84.0 Å². The highest BCUT2D eigenvalue weighted by atomic mass is 32.1. The number of nitrogens with one attached hydrogen (secondary N) is 1. The molecule has 2 aliphatic rings. The zero-order chi connectivity index (χ0) is 26.4. The zero-order valence-corrected chi connectivity index (χ0v) is 23.0. The standard InChI is InChI=1S/C27H34N8O2S/c1-17-22-19(4-5-29-22)20(15-30-17)24-31-21-14-18(38-23(21)25(32-24)34-10-12-37-13-11-34)16-33-6-8-35(9-7-33)27(2,3)26(28)36/h4-5,14-15,29H,6-13,16H2,1-3H3,(H2,28,36). The molecule has 0 atom stereocenters. The Morgan fingerprint density at radius 1 is 1.16 bits per heavy atom. The lowest BCUT2D eigenvalue weighted by Gasteiger charge is -2.42. The summed E-state index contributed by atoms with van der Waals surface area (Å²) in [5.41, 5.74) is 8.89. The Morgan fingerprint density at radius 2 is 1.92 bits per heavy atom. The largest absolute Gasteiger partial charge is 0.378 e. The van der Waals surface area contributed by atoms with Crippen LogP contribution in [-0.2, 0) is 16.1 Å². The van der Waals surface area contributed by atoms with Gasteiger partial charge in [-0.2, -0.15) is 0 Å². The van der Waals surface area contributed by atoms with E-state index in [4.69, 9.17) is 20.4 Å². The number of hydrogen-bond acceptors (Lipinski definition) is 9. The topological polar surface area (TPSA) is 116 Å². The highest BCUT2D eigenvalue weighted by Crippen LogP contribution is 2.36. The molecule has 6 rings (SSSR count). The summed E-state index contributed by atoms with van der Waals surface area (Å²) >= 11 is 1.78. The quantitative estimate of drug-likeness (QED) is 0.388. The molecular formula is C27H34N8O2S. The van der Waals surface area contributed by atoms with Gasteiger partial charge in [0.15, 0.2) is 11.6 Å². The van der Waals surface area contributed by atoms with E-state index in [1.807, 2.05) is 33.2 Å². The van der Waals surface area contributed by atoms with Gasteiger partial charge in [-0.25, -0.2) is 9.97 Å². The summed E-state index contributed by atoms with van der Waals surface area (Å²) in [5.74, 6) is 1.39. The summed E-state index contributed by atoms with van der Waals surface area (Å²) < 4.78 is 6.74. The van der Waals surface area contributed by atoms with Crippen LogP contribution < -0.4 is 10.6 Å². The maximum absolute atomic E-state index is 11.9. The molecule has 0 aromatic carbocycles. The summed E-state index contributed by atoms with van der Waals surface area (Å²) in [6.07, 6.45) is 3.83. The molecule has 4 aromatic rings. The number of anilines is 1. The number of hydrogen-bond donors (Lipinski definition) is 2. The number of piperazine rings is 1. The molecule has 6 heterocycles. The molecule has 0 aliphatic carbocycles. The van der Waals surface area contributed by atoms with Crippen LogP contribution in [0.2, 0.25) is 0 Å². The average Bonchev–Trinajstić information content (AvgIpc) is 3.57. The molecule has 0 radical (unpaired) electrons. The molecule has 1 amide bonds. The van der Waals surface area contributed by atoms with Gasteiger partial charge in [-0.1, -0.05) is 0 Å². The number of carbonyl (C=O) groups excluding carboxylic acids is 1. The van der Waals surface area contributed by atoms with Crippen molar-refractivity contribution in [2.45, 2.75) is 32.9 Å². The van der Waals surface area contributed by atoms with Crippen molar-refractivity contribution < 1.29 is 9.53 Å². The van der Waals surface area contributed by atoms with E-state index >= 15 is 0 Å². The van der Waals surface area contributed by atoms with Crippen LogP contribution in [0, 0.1) is 6.92 Å². The third-order valence-corrected chi connectivity index (χ3v) is 8.99. The van der Waals surface area contributed by atoms with E-state index in [9.17, 15) is 4.79 Å². The molecule has 0 unspecified atom stereocenters. The molecule has 11 heteroatoms. The highest BCUT2D eigenvalue weighted by molar-refractivity contribution is 7.19. The van der Waals surface area contributed by atoms with E-state index in [0.29, 0.717) is 19.0 Å². The number of morpholine rings is 1. The number of ether oxygens (including phenoxy) is 1. The highest BCUT2D eigenvalue weighted by Gasteiger charge is 2.34. The van der Waals surface area contributed by atoms with Crippen molar-refractivity contribution in [1.82, 2.24) is 29.7 Å². The lowest BCUT2D eigenvalue weighted by atomic mass is 10.0. The number of amides is 1. The number of primary amides is 1. The number of aromatic nitrogens is 4. The Bertz CT molecular complexity index is 1480. The smallest absolute Gasteiger partial charge is 0.237 e. The van der Waals surface area contributed by atoms with Crippen LogP contribution in [0.4, 0.5) is 5.82 Å². The summed E-state index contributed by atoms with van der Waals surface area (Å²) in [6, 6.07) is 4.28. The van der Waals surface area contributed by atoms with Crippen molar-refractivity contribution in [1.29, 1.82) is 0 Å². The molecule has 0 saturated carbocycles. The summed E-state index contributed by atoms with van der Waals surface area (Å²) in [7, 11) is 0. The molecule has 2 fully saturated rings. The lowest BCUT2D eigenvalue weighted by Crippen LogP contribution is -2.59. The number of pyridine rings is 1. The number of rotatable bonds is 6. The lowest BCUT2D eigenvalue weighted by molar-refractivity contribution is -0.129. The fraction of sp³-hybridized carbons (Fsp3) is 0.481. The normalized spacial score (nSPS) is 18.0. The molecule has 2 saturated heterocycles. The van der Waals surface area contributed by atoms with Crippen LogP contribution in [-0.4, -0.2) is 93.7 Å². The number of carbonyl (C=O) groups is 1. The van der Waals surface area contributed by atoms with Gasteiger partial charge in [0.2, 0.25) is 5.91 Å². The van der Waals surface area contributed by atoms with Crippen molar-refractivity contribution in [3.05, 3.63) is 35.1 Å². The first-order chi connectivity index (χ1) is 18.3. The van der Waals surface area contributed by atoms with Crippen LogP contribution in [0.25, 0.3) is 32.5 Å². The fourth-order valence-corrected chi connectivity index (χ4v) is 6.52. The fourth-order valence-electron chi connectivity index (χ4n) is 5.36. The first-order valence-electron chi connectivity index (χ1n) is 13.1. The van der Waals surface area contributed by atoms with Gasteiger partial charge >= 0.3 is 0 Å². The number of nitrogens with zero attached hydrogens (tertiary/aromatic N) is 6. The van der Waals surface area contributed by atoms with Crippen LogP contribution in [0.1, 0.15) is 24.4 Å². The molecule has 200 valence electrons. The van der Waals surface area contributed by atoms with Crippen molar-refractivity contribution in [2.24, 2.45) is 5.73 Å². The Hall–Kier alpha value is -3.12. The van der Waals surface area contributed by atoms with Crippen molar-refractivity contribution >= 4 is 44.2 Å². The van der Waals surface area contributed by atoms with Crippen LogP contribution in [0.15, 0.2) is 24.5 Å². The minimum atomic E-state index is -0.627. The van der Waals surface area contributed by atoms with E-state index in [2.05, 4.69) is 36.8 Å². The van der Waals surface area contributed by atoms with Crippen molar-refractivity contribution in [3.63, 3.8) is 0 Å². The molecule has 0 spiro atoms. The molecule has 2 aliphatic heterocycles. The first-order valence-corrected chi connectivity index (χ1v) is 14.0. The van der Waals surface area contributed by atoms with Gasteiger partial charge < -0.3 is 20.4 Å². The predicted molar refractivity (Wildman–Crippen MR) is 150 cm³/mol. The SMILES string of the molecule is Cc1ncc(-c2nc(N3CCOCC3)c3sc(CN4CCN(C(C)(C)C(N)=O)CC4)cc3n2)c2cc[nH]c12. The van der Waals surface area contributed by atoms with Crippen LogP contribution in [0.3, 0.4) is 0 Å². The number of aryl methyl sites for hydroxylation is 1. The first kappa shape index (κ1) is 25.2. The zero-order valence-electron chi connectivity index (χ0n) is 22.2. The van der Waals surface area contributed by atoms with E-state index in [1.165, 1.54) is 4.88 Å². The van der Waals surface area contributed by atoms with Crippen molar-refractivity contribution in [2.75, 3.05) is 57.4 Å². The minimum absolute atomic E-state index is 0.277. The van der Waals surface area contributed by atoms with Gasteiger partial charge in [-0.3, -0.25) is 19.6 Å². The maximum atomic E-state index is 11.9. The summed E-state index contributed by atoms with van der Waals surface area (Å²) in [4.78, 5) is 38.2. The molecule has 10 nitrogen and oxygen atoms in total. The second-order valence-electron chi connectivity index (χ2n) is 10.6. The Kier molecular flexibility index (Phi) is 6.55. The third-order valence-electron chi connectivity index (χ3n) is 7.89. The number of H-pyrrole nitrogens is 1. The molecule has 0 bridgehead atoms. The van der Waals surface area contributed by atoms with Gasteiger partial charge in [0.1, 0.15) is 0 Å². The van der Waals surface area contributed by atoms with Crippen LogP contribution in [0.5, 0.6) is 0 Å². The van der Waals surface area contributed by atoms with Crippen LogP contribution >= 0.6 is 11.3 Å². The number of thiophene rings is 1. The van der Waals surface area contributed by atoms with Crippen molar-refractivity contribution in [3.8, 4) is 11.4 Å². The summed E-state index contributed by atoms with van der Waals surface area (Å²) in [6.45, 7) is 13.1. The van der Waals surface area contributed by atoms with Gasteiger partial charge in [-0.05, 0) is 32.9 Å². The molecule has 4 aromatic heterocycles. The van der Waals surface area contributed by atoms with Gasteiger partial charge in [0.05, 0.1) is 40.2 Å². The Labute approximate surface area is 225 Å². The molecular weight excluding hydrogens is 500 g/mol. The monoisotopic (exact) mass is 534 g/mol. The van der Waals surface area contributed by atoms with E-state index < -0.39 is 5.54 Å². The van der Waals surface area contributed by atoms with Gasteiger partial charge in [0.25, 0.3) is 0 Å². The maximum Gasteiger partial charge on any atom is 0.237 e.